The minimum absolute atomic E-state index is 0.222. The highest BCUT2D eigenvalue weighted by molar-refractivity contribution is 8.24. The first-order chi connectivity index (χ1) is 2.77. The van der Waals surface area contributed by atoms with Gasteiger partial charge in [-0.05, 0) is 0 Å². The molecule has 4 heteroatoms. The molecular weight excluding hydrogens is 104 g/mol. The van der Waals surface area contributed by atoms with E-state index in [1.54, 1.807) is 0 Å². The lowest BCUT2D eigenvalue weighted by Crippen LogP contribution is -1.79. The maximum Gasteiger partial charge on any atom is 0.372 e. The first-order valence-electron chi connectivity index (χ1n) is 1.10. The van der Waals surface area contributed by atoms with E-state index in [-0.39, 0.29) is 17.4 Å². The van der Waals surface area contributed by atoms with Crippen molar-refractivity contribution in [1.29, 1.82) is 0 Å². The van der Waals surface area contributed by atoms with E-state index in [0.29, 0.717) is 0 Å². The van der Waals surface area contributed by atoms with Gasteiger partial charge < -0.3 is 5.11 Å². The lowest BCUT2D eigenvalue weighted by Gasteiger charge is -1.70. The fraction of sp³-hybridized carbons (Fsp3) is 0. The zero-order chi connectivity index (χ0) is 4.99. The van der Waals surface area contributed by atoms with Gasteiger partial charge in [-0.2, -0.15) is 0 Å². The average Bonchev–Trinajstić information content (AvgIpc) is 1.35. The van der Waals surface area contributed by atoms with E-state index in [4.69, 9.17) is 5.11 Å². The zero-order valence-electron chi connectivity index (χ0n) is 2.75. The Morgan fingerprint density at radius 3 is 2.33 bits per heavy atom. The summed E-state index contributed by atoms with van der Waals surface area (Å²) in [5.41, 5.74) is 0.266. The summed E-state index contributed by atoms with van der Waals surface area (Å²) >= 11 is 0.222. The molecule has 6 heavy (non-hydrogen) atoms. The van der Waals surface area contributed by atoms with Crippen LogP contribution in [-0.2, 0) is 4.79 Å². The van der Waals surface area contributed by atoms with E-state index in [2.05, 4.69) is 0 Å². The molecule has 3 nitrogen and oxygen atoms in total. The normalized spacial score (nSPS) is 7.33. The molecule has 0 aromatic rings. The SMILES string of the molecule is O=CSC(=O)O. The molecule has 0 aliphatic heterocycles. The van der Waals surface area contributed by atoms with Crippen LogP contribution in [0.25, 0.3) is 0 Å². The highest BCUT2D eigenvalue weighted by atomic mass is 32.2. The molecule has 0 bridgehead atoms. The van der Waals surface area contributed by atoms with Crippen molar-refractivity contribution in [2.75, 3.05) is 0 Å². The molecule has 0 radical (unpaired) electrons. The number of thioether (sulfide) groups is 1. The van der Waals surface area contributed by atoms with E-state index in [9.17, 15) is 9.59 Å². The van der Waals surface area contributed by atoms with Crippen LogP contribution in [0.4, 0.5) is 4.79 Å². The highest BCUT2D eigenvalue weighted by Crippen LogP contribution is 1.90. The Labute approximate surface area is 38.3 Å². The number of carboxylic acid groups (broad SMARTS) is 1. The van der Waals surface area contributed by atoms with Gasteiger partial charge in [-0.15, -0.1) is 0 Å². The molecule has 0 aliphatic carbocycles. The van der Waals surface area contributed by atoms with Crippen molar-refractivity contribution in [3.63, 3.8) is 0 Å². The van der Waals surface area contributed by atoms with Crippen LogP contribution in [0.15, 0.2) is 0 Å². The van der Waals surface area contributed by atoms with Crippen LogP contribution in [0.3, 0.4) is 0 Å². The van der Waals surface area contributed by atoms with Crippen LogP contribution >= 0.6 is 11.8 Å². The second-order valence-electron chi connectivity index (χ2n) is 0.480. The predicted octanol–water partition coefficient (Wildman–Crippen LogP) is 0.588. The molecule has 0 spiro atoms. The minimum Gasteiger partial charge on any atom is -0.473 e. The van der Waals surface area contributed by atoms with Crippen LogP contribution in [0.2, 0.25) is 0 Å². The Morgan fingerprint density at radius 2 is 2.33 bits per heavy atom. The predicted molar refractivity (Wildman–Crippen MR) is 22.4 cm³/mol. The molecule has 0 aliphatic rings. The molecule has 0 unspecified atom stereocenters. The quantitative estimate of drug-likeness (QED) is 0.497. The van der Waals surface area contributed by atoms with Crippen molar-refractivity contribution in [3.05, 3.63) is 0 Å². The van der Waals surface area contributed by atoms with Crippen molar-refractivity contribution < 1.29 is 14.7 Å². The second kappa shape index (κ2) is 2.71. The van der Waals surface area contributed by atoms with Gasteiger partial charge in [0.05, 0.1) is 0 Å². The fourth-order valence-corrected chi connectivity index (χ4v) is 0.123. The topological polar surface area (TPSA) is 54.4 Å². The van der Waals surface area contributed by atoms with Gasteiger partial charge in [0, 0.05) is 11.8 Å². The first-order valence-corrected chi connectivity index (χ1v) is 1.98. The minimum atomic E-state index is -1.16. The van der Waals surface area contributed by atoms with Gasteiger partial charge in [0.1, 0.15) is 0 Å². The number of carbonyl (C=O) groups is 2. The summed E-state index contributed by atoms with van der Waals surface area (Å²) in [6, 6.07) is 0. The van der Waals surface area contributed by atoms with Crippen LogP contribution in [0, 0.1) is 0 Å². The Kier molecular flexibility index (Phi) is 2.48. The molecule has 0 saturated carbocycles. The number of carbonyl (C=O) groups excluding carboxylic acids is 1. The summed E-state index contributed by atoms with van der Waals surface area (Å²) in [4.78, 5) is 18.5. The van der Waals surface area contributed by atoms with E-state index in [1.165, 1.54) is 0 Å². The Balaban J connectivity index is 3.05. The molecule has 0 heterocycles. The van der Waals surface area contributed by atoms with Gasteiger partial charge in [0.25, 0.3) is 0 Å². The van der Waals surface area contributed by atoms with Gasteiger partial charge >= 0.3 is 5.30 Å². The standard InChI is InChI=1S/C2H2O3S/c3-1-6-2(4)5/h1H,(H,4,5). The summed E-state index contributed by atoms with van der Waals surface area (Å²) in [7, 11) is 0. The summed E-state index contributed by atoms with van der Waals surface area (Å²) in [6.07, 6.45) is 0. The molecule has 0 aromatic carbocycles. The molecule has 0 saturated heterocycles. The number of hydrogen-bond donors (Lipinski definition) is 1. The third-order valence-corrected chi connectivity index (χ3v) is 0.447. The molecular formula is C2H2O3S. The molecule has 1 N–H and O–H groups in total. The smallest absolute Gasteiger partial charge is 0.372 e. The van der Waals surface area contributed by atoms with Crippen molar-refractivity contribution >= 4 is 22.7 Å². The van der Waals surface area contributed by atoms with E-state index in [0.717, 1.165) is 0 Å². The number of hydrogen-bond acceptors (Lipinski definition) is 3. The highest BCUT2D eigenvalue weighted by Gasteiger charge is 1.89. The maximum absolute atomic E-state index is 9.33. The fourth-order valence-electron chi connectivity index (χ4n) is 0.0412. The Morgan fingerprint density at radius 1 is 1.83 bits per heavy atom. The van der Waals surface area contributed by atoms with Crippen molar-refractivity contribution in [3.8, 4) is 0 Å². The maximum atomic E-state index is 9.33. The second-order valence-corrected chi connectivity index (χ2v) is 1.26. The summed E-state index contributed by atoms with van der Waals surface area (Å²) in [5, 5.41) is 6.48. The molecule has 0 rings (SSSR count). The largest absolute Gasteiger partial charge is 0.473 e. The molecule has 0 atom stereocenters. The van der Waals surface area contributed by atoms with Gasteiger partial charge in [0.2, 0.25) is 0 Å². The van der Waals surface area contributed by atoms with Gasteiger partial charge in [-0.25, -0.2) is 4.79 Å². The Hall–Kier alpha value is -0.510. The molecule has 34 valence electrons. The van der Waals surface area contributed by atoms with Crippen LogP contribution in [-0.4, -0.2) is 16.0 Å². The van der Waals surface area contributed by atoms with Crippen molar-refractivity contribution in [2.24, 2.45) is 0 Å². The third kappa shape index (κ3) is 3.49. The molecule has 0 aromatic heterocycles. The summed E-state index contributed by atoms with van der Waals surface area (Å²) in [5.74, 6) is 0. The van der Waals surface area contributed by atoms with Crippen LogP contribution in [0.5, 0.6) is 0 Å². The third-order valence-electron chi connectivity index (χ3n) is 0.149. The van der Waals surface area contributed by atoms with Gasteiger partial charge in [0.15, 0.2) is 5.62 Å². The van der Waals surface area contributed by atoms with Crippen molar-refractivity contribution in [2.45, 2.75) is 0 Å². The van der Waals surface area contributed by atoms with Gasteiger partial charge in [-0.3, -0.25) is 4.79 Å². The number of rotatable bonds is 1. The summed E-state index contributed by atoms with van der Waals surface area (Å²) in [6.45, 7) is 0. The van der Waals surface area contributed by atoms with E-state index >= 15 is 0 Å². The van der Waals surface area contributed by atoms with Crippen molar-refractivity contribution in [1.82, 2.24) is 0 Å². The molecule has 0 amide bonds. The lowest BCUT2D eigenvalue weighted by atomic mass is 11.6. The summed E-state index contributed by atoms with van der Waals surface area (Å²) < 4.78 is 0. The first kappa shape index (κ1) is 5.49. The van der Waals surface area contributed by atoms with Gasteiger partial charge in [-0.1, -0.05) is 0 Å². The van der Waals surface area contributed by atoms with Crippen LogP contribution in [0.1, 0.15) is 0 Å². The zero-order valence-corrected chi connectivity index (χ0v) is 3.57. The average molecular weight is 106 g/mol. The lowest BCUT2D eigenvalue weighted by molar-refractivity contribution is 0.222. The Bertz CT molecular complexity index is 69.2. The van der Waals surface area contributed by atoms with Crippen LogP contribution < -0.4 is 0 Å². The monoisotopic (exact) mass is 106 g/mol. The molecule has 0 fully saturated rings. The van der Waals surface area contributed by atoms with E-state index < -0.39 is 5.30 Å². The van der Waals surface area contributed by atoms with E-state index in [1.807, 2.05) is 0 Å².